The highest BCUT2D eigenvalue weighted by atomic mass is 32.2. The van der Waals surface area contributed by atoms with E-state index < -0.39 is 10.0 Å². The number of thiophene rings is 1. The third-order valence-electron chi connectivity index (χ3n) is 4.86. The van der Waals surface area contributed by atoms with Crippen LogP contribution in [0.15, 0.2) is 40.6 Å². The molecule has 2 heterocycles. The molecular weight excluding hydrogens is 380 g/mol. The average Bonchev–Trinajstić information content (AvgIpc) is 3.18. The summed E-state index contributed by atoms with van der Waals surface area (Å²) in [6.45, 7) is 3.51. The van der Waals surface area contributed by atoms with E-state index in [4.69, 9.17) is 0 Å². The number of sulfonamides is 1. The Bertz CT molecular complexity index is 890. The van der Waals surface area contributed by atoms with E-state index in [2.05, 4.69) is 12.2 Å². The molecule has 0 radical (unpaired) electrons. The van der Waals surface area contributed by atoms with Crippen molar-refractivity contribution < 1.29 is 13.2 Å². The molecule has 27 heavy (non-hydrogen) atoms. The molecule has 2 aromatic rings. The van der Waals surface area contributed by atoms with Crippen LogP contribution in [0, 0.1) is 0 Å². The molecule has 7 heteroatoms. The maximum atomic E-state index is 13.2. The molecule has 5 nitrogen and oxygen atoms in total. The van der Waals surface area contributed by atoms with Crippen molar-refractivity contribution in [1.82, 2.24) is 9.62 Å². The Balaban J connectivity index is 1.71. The second kappa shape index (κ2) is 8.99. The van der Waals surface area contributed by atoms with E-state index >= 15 is 0 Å². The molecule has 1 aromatic carbocycles. The molecular formula is C20H26N2O3S2. The number of fused-ring (bicyclic) bond motifs is 1. The molecule has 1 amide bonds. The maximum absolute atomic E-state index is 13.2. The van der Waals surface area contributed by atoms with E-state index in [1.165, 1.54) is 21.2 Å². The van der Waals surface area contributed by atoms with Crippen molar-refractivity contribution >= 4 is 27.3 Å². The average molecular weight is 407 g/mol. The monoisotopic (exact) mass is 406 g/mol. The van der Waals surface area contributed by atoms with Crippen molar-refractivity contribution in [2.45, 2.75) is 50.5 Å². The van der Waals surface area contributed by atoms with Crippen molar-refractivity contribution in [3.63, 3.8) is 0 Å². The number of amides is 1. The third kappa shape index (κ3) is 4.59. The molecule has 0 unspecified atom stereocenters. The smallest absolute Gasteiger partial charge is 0.262 e. The van der Waals surface area contributed by atoms with Gasteiger partial charge >= 0.3 is 0 Å². The van der Waals surface area contributed by atoms with Crippen molar-refractivity contribution in [2.75, 3.05) is 13.1 Å². The summed E-state index contributed by atoms with van der Waals surface area (Å²) in [5, 5.41) is 4.54. The SMILES string of the molecule is CCCCCCNC(=O)c1sccc1S(=O)(=O)N1CCc2ccccc2C1. The molecule has 0 atom stereocenters. The van der Waals surface area contributed by atoms with Crippen LogP contribution in [0.3, 0.4) is 0 Å². The fourth-order valence-corrected chi connectivity index (χ4v) is 6.05. The Kier molecular flexibility index (Phi) is 6.68. The first-order valence-corrected chi connectivity index (χ1v) is 11.8. The van der Waals surface area contributed by atoms with Gasteiger partial charge in [-0.1, -0.05) is 50.5 Å². The van der Waals surface area contributed by atoms with Crippen LogP contribution in [-0.4, -0.2) is 31.7 Å². The number of carbonyl (C=O) groups is 1. The number of rotatable bonds is 8. The fourth-order valence-electron chi connectivity index (χ4n) is 3.31. The van der Waals surface area contributed by atoms with E-state index in [9.17, 15) is 13.2 Å². The van der Waals surface area contributed by atoms with Gasteiger partial charge in [-0.15, -0.1) is 11.3 Å². The number of carbonyl (C=O) groups excluding carboxylic acids is 1. The first-order valence-electron chi connectivity index (χ1n) is 9.46. The van der Waals surface area contributed by atoms with Crippen LogP contribution in [-0.2, 0) is 23.0 Å². The Morgan fingerprint density at radius 2 is 1.93 bits per heavy atom. The Labute approximate surface area is 165 Å². The zero-order valence-corrected chi connectivity index (χ0v) is 17.2. The first kappa shape index (κ1) is 20.0. The molecule has 0 aliphatic carbocycles. The molecule has 3 rings (SSSR count). The quantitative estimate of drug-likeness (QED) is 0.678. The topological polar surface area (TPSA) is 66.5 Å². The molecule has 1 N–H and O–H groups in total. The van der Waals surface area contributed by atoms with Gasteiger partial charge in [0.05, 0.1) is 0 Å². The zero-order valence-electron chi connectivity index (χ0n) is 15.6. The van der Waals surface area contributed by atoms with Gasteiger partial charge in [-0.3, -0.25) is 4.79 Å². The predicted molar refractivity (Wildman–Crippen MR) is 109 cm³/mol. The lowest BCUT2D eigenvalue weighted by molar-refractivity contribution is 0.0954. The highest BCUT2D eigenvalue weighted by molar-refractivity contribution is 7.89. The van der Waals surface area contributed by atoms with Crippen LogP contribution < -0.4 is 5.32 Å². The number of hydrogen-bond acceptors (Lipinski definition) is 4. The number of hydrogen-bond donors (Lipinski definition) is 1. The van der Waals surface area contributed by atoms with E-state index in [1.54, 1.807) is 11.4 Å². The van der Waals surface area contributed by atoms with Crippen LogP contribution in [0.2, 0.25) is 0 Å². The lowest BCUT2D eigenvalue weighted by atomic mass is 10.0. The van der Waals surface area contributed by atoms with Crippen LogP contribution in [0.4, 0.5) is 0 Å². The van der Waals surface area contributed by atoms with E-state index in [0.29, 0.717) is 26.1 Å². The minimum Gasteiger partial charge on any atom is -0.351 e. The van der Waals surface area contributed by atoms with Gasteiger partial charge in [0.25, 0.3) is 5.91 Å². The van der Waals surface area contributed by atoms with Crippen LogP contribution in [0.1, 0.15) is 53.4 Å². The molecule has 1 aliphatic rings. The van der Waals surface area contributed by atoms with Crippen molar-refractivity contribution in [2.24, 2.45) is 0 Å². The van der Waals surface area contributed by atoms with Crippen LogP contribution >= 0.6 is 11.3 Å². The van der Waals surface area contributed by atoms with Crippen molar-refractivity contribution in [3.8, 4) is 0 Å². The highest BCUT2D eigenvalue weighted by Crippen LogP contribution is 2.29. The van der Waals surface area contributed by atoms with Crippen molar-refractivity contribution in [3.05, 3.63) is 51.7 Å². The minimum absolute atomic E-state index is 0.123. The lowest BCUT2D eigenvalue weighted by Gasteiger charge is -2.28. The molecule has 0 spiro atoms. The Morgan fingerprint density at radius 1 is 1.15 bits per heavy atom. The number of unbranched alkanes of at least 4 members (excludes halogenated alkanes) is 3. The summed E-state index contributed by atoms with van der Waals surface area (Å²) < 4.78 is 27.8. The second-order valence-corrected chi connectivity index (χ2v) is 9.61. The van der Waals surface area contributed by atoms with Gasteiger partial charge in [-0.25, -0.2) is 8.42 Å². The van der Waals surface area contributed by atoms with Gasteiger partial charge in [-0.05, 0) is 35.4 Å². The molecule has 0 fully saturated rings. The molecule has 146 valence electrons. The molecule has 0 saturated carbocycles. The standard InChI is InChI=1S/C20H26N2O3S2/c1-2-3-4-7-12-21-20(23)19-18(11-14-26-19)27(24,25)22-13-10-16-8-5-6-9-17(16)15-22/h5-6,8-9,11,14H,2-4,7,10,12-13,15H2,1H3,(H,21,23). The molecule has 0 saturated heterocycles. The van der Waals surface area contributed by atoms with Gasteiger partial charge < -0.3 is 5.32 Å². The van der Waals surface area contributed by atoms with E-state index in [-0.39, 0.29) is 15.7 Å². The highest BCUT2D eigenvalue weighted by Gasteiger charge is 2.32. The lowest BCUT2D eigenvalue weighted by Crippen LogP contribution is -2.36. The van der Waals surface area contributed by atoms with E-state index in [0.717, 1.165) is 31.2 Å². The minimum atomic E-state index is -3.69. The van der Waals surface area contributed by atoms with Gasteiger partial charge in [0.2, 0.25) is 10.0 Å². The van der Waals surface area contributed by atoms with Gasteiger partial charge in [-0.2, -0.15) is 4.31 Å². The van der Waals surface area contributed by atoms with Gasteiger partial charge in [0.15, 0.2) is 0 Å². The fraction of sp³-hybridized carbons (Fsp3) is 0.450. The summed E-state index contributed by atoms with van der Waals surface area (Å²) in [4.78, 5) is 12.9. The summed E-state index contributed by atoms with van der Waals surface area (Å²) in [5.41, 5.74) is 2.23. The Morgan fingerprint density at radius 3 is 2.70 bits per heavy atom. The summed E-state index contributed by atoms with van der Waals surface area (Å²) in [7, 11) is -3.69. The zero-order chi connectivity index (χ0) is 19.3. The number of nitrogens with zero attached hydrogens (tertiary/aromatic N) is 1. The normalized spacial score (nSPS) is 14.7. The molecule has 1 aliphatic heterocycles. The van der Waals surface area contributed by atoms with E-state index in [1.807, 2.05) is 24.3 Å². The van der Waals surface area contributed by atoms with Crippen LogP contribution in [0.25, 0.3) is 0 Å². The van der Waals surface area contributed by atoms with Gasteiger partial charge in [0, 0.05) is 19.6 Å². The van der Waals surface area contributed by atoms with Crippen LogP contribution in [0.5, 0.6) is 0 Å². The summed E-state index contributed by atoms with van der Waals surface area (Å²) in [6, 6.07) is 9.46. The summed E-state index contributed by atoms with van der Waals surface area (Å²) in [5.74, 6) is -0.294. The largest absolute Gasteiger partial charge is 0.351 e. The molecule has 1 aromatic heterocycles. The first-order chi connectivity index (χ1) is 13.0. The van der Waals surface area contributed by atoms with Crippen molar-refractivity contribution in [1.29, 1.82) is 0 Å². The second-order valence-electron chi connectivity index (χ2n) is 6.79. The number of nitrogens with one attached hydrogen (secondary N) is 1. The molecule has 0 bridgehead atoms. The Hall–Kier alpha value is -1.70. The third-order valence-corrected chi connectivity index (χ3v) is 7.79. The predicted octanol–water partition coefficient (Wildman–Crippen LogP) is 3.81. The summed E-state index contributed by atoms with van der Waals surface area (Å²) in [6.07, 6.45) is 4.96. The maximum Gasteiger partial charge on any atom is 0.262 e. The number of benzene rings is 1. The summed E-state index contributed by atoms with van der Waals surface area (Å²) >= 11 is 1.18. The van der Waals surface area contributed by atoms with Gasteiger partial charge in [0.1, 0.15) is 9.77 Å².